The van der Waals surface area contributed by atoms with Gasteiger partial charge in [-0.2, -0.15) is 0 Å². The maximum Gasteiger partial charge on any atom is 0.106 e. The zero-order valence-electron chi connectivity index (χ0n) is 8.08. The molecule has 1 heterocycles. The highest BCUT2D eigenvalue weighted by Crippen LogP contribution is 2.21. The van der Waals surface area contributed by atoms with Gasteiger partial charge in [0.05, 0.1) is 18.4 Å². The van der Waals surface area contributed by atoms with Gasteiger partial charge in [-0.25, -0.2) is 4.98 Å². The molecule has 1 fully saturated rings. The van der Waals surface area contributed by atoms with Crippen molar-refractivity contribution in [1.29, 1.82) is 0 Å². The molecule has 76 valence electrons. The summed E-state index contributed by atoms with van der Waals surface area (Å²) in [6.45, 7) is 0.643. The van der Waals surface area contributed by atoms with Crippen molar-refractivity contribution in [1.82, 2.24) is 4.98 Å². The lowest BCUT2D eigenvalue weighted by Crippen LogP contribution is -2.07. The standard InChI is InChI=1S/C11H14BrNO/c12-11-7-3-4-9(13-11)8-14-10-5-1-2-6-10/h3-4,7,10H,1-2,5-6,8H2. The molecule has 0 spiro atoms. The van der Waals surface area contributed by atoms with E-state index >= 15 is 0 Å². The van der Waals surface area contributed by atoms with Crippen molar-refractivity contribution < 1.29 is 4.74 Å². The molecular formula is C11H14BrNO. The van der Waals surface area contributed by atoms with Crippen LogP contribution in [0.4, 0.5) is 0 Å². The molecule has 2 nitrogen and oxygen atoms in total. The van der Waals surface area contributed by atoms with Gasteiger partial charge in [-0.1, -0.05) is 18.9 Å². The normalized spacial score (nSPS) is 17.5. The SMILES string of the molecule is Brc1cccc(COC2CCCC2)n1. The van der Waals surface area contributed by atoms with Gasteiger partial charge in [0, 0.05) is 0 Å². The minimum atomic E-state index is 0.468. The van der Waals surface area contributed by atoms with Crippen molar-refractivity contribution in [2.24, 2.45) is 0 Å². The van der Waals surface area contributed by atoms with Gasteiger partial charge in [0.15, 0.2) is 0 Å². The fraction of sp³-hybridized carbons (Fsp3) is 0.545. The minimum Gasteiger partial charge on any atom is -0.372 e. The van der Waals surface area contributed by atoms with Crippen molar-refractivity contribution in [2.75, 3.05) is 0 Å². The summed E-state index contributed by atoms with van der Waals surface area (Å²) >= 11 is 3.35. The van der Waals surface area contributed by atoms with Crippen molar-refractivity contribution in [3.8, 4) is 0 Å². The second-order valence-electron chi connectivity index (χ2n) is 3.67. The minimum absolute atomic E-state index is 0.468. The first kappa shape index (κ1) is 10.1. The number of hydrogen-bond acceptors (Lipinski definition) is 2. The number of aromatic nitrogens is 1. The average Bonchev–Trinajstić information content (AvgIpc) is 2.67. The zero-order chi connectivity index (χ0) is 9.80. The van der Waals surface area contributed by atoms with E-state index in [0.717, 1.165) is 10.3 Å². The lowest BCUT2D eigenvalue weighted by Gasteiger charge is -2.10. The summed E-state index contributed by atoms with van der Waals surface area (Å²) in [5, 5.41) is 0. The predicted molar refractivity (Wildman–Crippen MR) is 59.0 cm³/mol. The molecular weight excluding hydrogens is 242 g/mol. The third-order valence-electron chi connectivity index (χ3n) is 2.54. The largest absolute Gasteiger partial charge is 0.372 e. The van der Waals surface area contributed by atoms with Crippen LogP contribution in [0.15, 0.2) is 22.8 Å². The monoisotopic (exact) mass is 255 g/mol. The summed E-state index contributed by atoms with van der Waals surface area (Å²) < 4.78 is 6.64. The van der Waals surface area contributed by atoms with Crippen LogP contribution >= 0.6 is 15.9 Å². The second kappa shape index (κ2) is 4.89. The number of rotatable bonds is 3. The fourth-order valence-electron chi connectivity index (χ4n) is 1.79. The highest BCUT2D eigenvalue weighted by Gasteiger charge is 2.15. The molecule has 0 N–H and O–H groups in total. The van der Waals surface area contributed by atoms with E-state index in [0.29, 0.717) is 12.7 Å². The molecule has 1 aliphatic rings. The maximum absolute atomic E-state index is 5.76. The molecule has 0 aliphatic heterocycles. The fourth-order valence-corrected chi connectivity index (χ4v) is 2.17. The molecule has 0 aromatic carbocycles. The predicted octanol–water partition coefficient (Wildman–Crippen LogP) is 3.30. The molecule has 3 heteroatoms. The van der Waals surface area contributed by atoms with E-state index in [1.54, 1.807) is 0 Å². The highest BCUT2D eigenvalue weighted by molar-refractivity contribution is 9.10. The van der Waals surface area contributed by atoms with Gasteiger partial charge in [-0.05, 0) is 40.9 Å². The Morgan fingerprint density at radius 1 is 1.36 bits per heavy atom. The van der Waals surface area contributed by atoms with E-state index in [9.17, 15) is 0 Å². The van der Waals surface area contributed by atoms with Crippen LogP contribution in [0.3, 0.4) is 0 Å². The smallest absolute Gasteiger partial charge is 0.106 e. The van der Waals surface area contributed by atoms with Crippen LogP contribution in [-0.2, 0) is 11.3 Å². The van der Waals surface area contributed by atoms with Crippen molar-refractivity contribution in [2.45, 2.75) is 38.4 Å². The number of ether oxygens (including phenoxy) is 1. The lowest BCUT2D eigenvalue weighted by atomic mass is 10.3. The Balaban J connectivity index is 1.85. The first-order valence-electron chi connectivity index (χ1n) is 5.07. The van der Waals surface area contributed by atoms with Gasteiger partial charge < -0.3 is 4.74 Å². The number of halogens is 1. The summed E-state index contributed by atoms with van der Waals surface area (Å²) in [5.74, 6) is 0. The molecule has 1 aromatic rings. The Morgan fingerprint density at radius 3 is 2.86 bits per heavy atom. The number of nitrogens with zero attached hydrogens (tertiary/aromatic N) is 1. The van der Waals surface area contributed by atoms with E-state index < -0.39 is 0 Å². The Hall–Kier alpha value is -0.410. The molecule has 0 unspecified atom stereocenters. The van der Waals surface area contributed by atoms with Crippen molar-refractivity contribution in [3.05, 3.63) is 28.5 Å². The molecule has 0 radical (unpaired) electrons. The van der Waals surface area contributed by atoms with Gasteiger partial charge >= 0.3 is 0 Å². The van der Waals surface area contributed by atoms with E-state index in [2.05, 4.69) is 20.9 Å². The van der Waals surface area contributed by atoms with Crippen LogP contribution < -0.4 is 0 Å². The van der Waals surface area contributed by atoms with Crippen molar-refractivity contribution >= 4 is 15.9 Å². The molecule has 0 amide bonds. The van der Waals surface area contributed by atoms with Crippen LogP contribution in [0.1, 0.15) is 31.4 Å². The lowest BCUT2D eigenvalue weighted by molar-refractivity contribution is 0.0437. The number of pyridine rings is 1. The second-order valence-corrected chi connectivity index (χ2v) is 4.48. The van der Waals surface area contributed by atoms with Crippen molar-refractivity contribution in [3.63, 3.8) is 0 Å². The van der Waals surface area contributed by atoms with E-state index in [4.69, 9.17) is 4.74 Å². The zero-order valence-corrected chi connectivity index (χ0v) is 9.66. The molecule has 2 rings (SSSR count). The molecule has 0 bridgehead atoms. The summed E-state index contributed by atoms with van der Waals surface area (Å²) in [6.07, 6.45) is 5.53. The first-order chi connectivity index (χ1) is 6.84. The van der Waals surface area contributed by atoms with Gasteiger partial charge in [0.25, 0.3) is 0 Å². The van der Waals surface area contributed by atoms with Crippen LogP contribution in [0.25, 0.3) is 0 Å². The molecule has 0 atom stereocenters. The summed E-state index contributed by atoms with van der Waals surface area (Å²) in [7, 11) is 0. The van der Waals surface area contributed by atoms with E-state index in [1.165, 1.54) is 25.7 Å². The van der Waals surface area contributed by atoms with Gasteiger partial charge in [-0.15, -0.1) is 0 Å². The van der Waals surface area contributed by atoms with E-state index in [1.807, 2.05) is 18.2 Å². The number of hydrogen-bond donors (Lipinski definition) is 0. The first-order valence-corrected chi connectivity index (χ1v) is 5.87. The highest BCUT2D eigenvalue weighted by atomic mass is 79.9. The Morgan fingerprint density at radius 2 is 2.14 bits per heavy atom. The van der Waals surface area contributed by atoms with Gasteiger partial charge in [0.1, 0.15) is 4.60 Å². The third-order valence-corrected chi connectivity index (χ3v) is 2.98. The molecule has 1 aromatic heterocycles. The summed E-state index contributed by atoms with van der Waals surface area (Å²) in [4.78, 5) is 4.33. The Labute approximate surface area is 92.8 Å². The van der Waals surface area contributed by atoms with Gasteiger partial charge in [0.2, 0.25) is 0 Å². The van der Waals surface area contributed by atoms with Gasteiger partial charge in [-0.3, -0.25) is 0 Å². The van der Waals surface area contributed by atoms with Crippen LogP contribution in [-0.4, -0.2) is 11.1 Å². The topological polar surface area (TPSA) is 22.1 Å². The summed E-state index contributed by atoms with van der Waals surface area (Å²) in [6, 6.07) is 5.92. The molecule has 0 saturated heterocycles. The van der Waals surface area contributed by atoms with Crippen LogP contribution in [0, 0.1) is 0 Å². The Bertz CT molecular complexity index is 297. The van der Waals surface area contributed by atoms with Crippen LogP contribution in [0.2, 0.25) is 0 Å². The van der Waals surface area contributed by atoms with E-state index in [-0.39, 0.29) is 0 Å². The van der Waals surface area contributed by atoms with Crippen LogP contribution in [0.5, 0.6) is 0 Å². The molecule has 14 heavy (non-hydrogen) atoms. The maximum atomic E-state index is 5.76. The Kier molecular flexibility index (Phi) is 3.54. The third kappa shape index (κ3) is 2.79. The molecule has 1 saturated carbocycles. The quantitative estimate of drug-likeness (QED) is 0.774. The molecule has 1 aliphatic carbocycles. The average molecular weight is 256 g/mol. The summed E-state index contributed by atoms with van der Waals surface area (Å²) in [5.41, 5.74) is 1.01.